The number of hydrogen-bond acceptors (Lipinski definition) is 4. The van der Waals surface area contributed by atoms with Crippen LogP contribution in [0.15, 0.2) is 30.3 Å². The van der Waals surface area contributed by atoms with Crippen molar-refractivity contribution in [3.8, 4) is 0 Å². The van der Waals surface area contributed by atoms with Crippen molar-refractivity contribution >= 4 is 11.8 Å². The number of benzene rings is 1. The fourth-order valence-corrected chi connectivity index (χ4v) is 2.51. The monoisotopic (exact) mass is 319 g/mol. The lowest BCUT2D eigenvalue weighted by Crippen LogP contribution is -2.44. The number of carbonyl (C=O) groups is 2. The molecule has 0 radical (unpaired) electrons. The molecule has 1 N–H and O–H groups in total. The predicted molar refractivity (Wildman–Crippen MR) is 88.3 cm³/mol. The molecule has 23 heavy (non-hydrogen) atoms. The summed E-state index contributed by atoms with van der Waals surface area (Å²) >= 11 is 0. The third-order valence-corrected chi connectivity index (χ3v) is 3.94. The van der Waals surface area contributed by atoms with Crippen molar-refractivity contribution in [1.82, 2.24) is 15.1 Å². The highest BCUT2D eigenvalue weighted by Gasteiger charge is 2.14. The molecule has 0 aromatic heterocycles. The number of amides is 2. The summed E-state index contributed by atoms with van der Waals surface area (Å²) in [6.07, 6.45) is 0. The molecule has 1 aromatic carbocycles. The minimum Gasteiger partial charge on any atom is -0.379 e. The van der Waals surface area contributed by atoms with Crippen molar-refractivity contribution in [2.45, 2.75) is 6.92 Å². The van der Waals surface area contributed by atoms with Crippen LogP contribution in [0.3, 0.4) is 0 Å². The van der Waals surface area contributed by atoms with Gasteiger partial charge in [-0.1, -0.05) is 18.2 Å². The van der Waals surface area contributed by atoms with Crippen LogP contribution in [0.25, 0.3) is 0 Å². The molecule has 6 nitrogen and oxygen atoms in total. The maximum Gasteiger partial charge on any atom is 0.251 e. The number of morpholine rings is 1. The smallest absolute Gasteiger partial charge is 0.251 e. The average Bonchev–Trinajstić information content (AvgIpc) is 2.59. The van der Waals surface area contributed by atoms with Gasteiger partial charge in [-0.3, -0.25) is 14.5 Å². The quantitative estimate of drug-likeness (QED) is 0.799. The van der Waals surface area contributed by atoms with Crippen LogP contribution < -0.4 is 5.32 Å². The Balaban J connectivity index is 1.71. The van der Waals surface area contributed by atoms with Gasteiger partial charge in [0.25, 0.3) is 5.91 Å². The average molecular weight is 319 g/mol. The van der Waals surface area contributed by atoms with E-state index in [4.69, 9.17) is 4.74 Å². The molecule has 2 rings (SSSR count). The molecule has 1 aliphatic heterocycles. The number of rotatable bonds is 7. The van der Waals surface area contributed by atoms with Gasteiger partial charge < -0.3 is 15.0 Å². The third-order valence-electron chi connectivity index (χ3n) is 3.94. The van der Waals surface area contributed by atoms with E-state index in [0.717, 1.165) is 32.8 Å². The maximum absolute atomic E-state index is 12.0. The topological polar surface area (TPSA) is 61.9 Å². The van der Waals surface area contributed by atoms with Gasteiger partial charge in [-0.05, 0) is 12.1 Å². The van der Waals surface area contributed by atoms with Crippen molar-refractivity contribution in [2.24, 2.45) is 0 Å². The third kappa shape index (κ3) is 6.00. The summed E-state index contributed by atoms with van der Waals surface area (Å²) in [5, 5.41) is 2.86. The van der Waals surface area contributed by atoms with Gasteiger partial charge in [-0.25, -0.2) is 0 Å². The van der Waals surface area contributed by atoms with E-state index in [2.05, 4.69) is 10.2 Å². The molecule has 1 fully saturated rings. The summed E-state index contributed by atoms with van der Waals surface area (Å²) in [6, 6.07) is 9.09. The van der Waals surface area contributed by atoms with E-state index in [-0.39, 0.29) is 11.8 Å². The standard InChI is InChI=1S/C17H25N3O3/c1-15(21)20(10-9-19-11-13-23-14-12-19)8-7-18-17(22)16-5-3-2-4-6-16/h2-6H,7-14H2,1H3,(H,18,22). The Morgan fingerprint density at radius 1 is 1.17 bits per heavy atom. The molecular weight excluding hydrogens is 294 g/mol. The number of nitrogens with one attached hydrogen (secondary N) is 1. The molecular formula is C17H25N3O3. The van der Waals surface area contributed by atoms with Gasteiger partial charge in [0.15, 0.2) is 0 Å². The molecule has 0 unspecified atom stereocenters. The van der Waals surface area contributed by atoms with Crippen LogP contribution in [0.5, 0.6) is 0 Å². The van der Waals surface area contributed by atoms with Crippen LogP contribution in [0.4, 0.5) is 0 Å². The van der Waals surface area contributed by atoms with Crippen LogP contribution >= 0.6 is 0 Å². The Bertz CT molecular complexity index is 501. The van der Waals surface area contributed by atoms with Crippen LogP contribution in [0.2, 0.25) is 0 Å². The SMILES string of the molecule is CC(=O)N(CCNC(=O)c1ccccc1)CCN1CCOCC1. The Morgan fingerprint density at radius 2 is 1.87 bits per heavy atom. The van der Waals surface area contributed by atoms with Crippen molar-refractivity contribution in [3.05, 3.63) is 35.9 Å². The minimum absolute atomic E-state index is 0.0345. The molecule has 1 aliphatic rings. The second-order valence-electron chi connectivity index (χ2n) is 5.58. The summed E-state index contributed by atoms with van der Waals surface area (Å²) in [5.41, 5.74) is 0.634. The molecule has 0 atom stereocenters. The van der Waals surface area contributed by atoms with E-state index < -0.39 is 0 Å². The molecule has 0 saturated carbocycles. The predicted octanol–water partition coefficient (Wildman–Crippen LogP) is 0.597. The van der Waals surface area contributed by atoms with Crippen molar-refractivity contribution in [3.63, 3.8) is 0 Å². The minimum atomic E-state index is -0.109. The summed E-state index contributed by atoms with van der Waals surface area (Å²) in [4.78, 5) is 27.8. The first-order chi connectivity index (χ1) is 11.2. The van der Waals surface area contributed by atoms with Gasteiger partial charge in [0.2, 0.25) is 5.91 Å². The van der Waals surface area contributed by atoms with Crippen molar-refractivity contribution < 1.29 is 14.3 Å². The number of nitrogens with zero attached hydrogens (tertiary/aromatic N) is 2. The summed E-state index contributed by atoms with van der Waals surface area (Å²) < 4.78 is 5.32. The van der Waals surface area contributed by atoms with Gasteiger partial charge in [0.1, 0.15) is 0 Å². The Kier molecular flexibility index (Phi) is 7.03. The molecule has 0 spiro atoms. The zero-order chi connectivity index (χ0) is 16.5. The maximum atomic E-state index is 12.0. The highest BCUT2D eigenvalue weighted by atomic mass is 16.5. The lowest BCUT2D eigenvalue weighted by atomic mass is 10.2. The van der Waals surface area contributed by atoms with Gasteiger partial charge in [0, 0.05) is 51.8 Å². The highest BCUT2D eigenvalue weighted by molar-refractivity contribution is 5.94. The van der Waals surface area contributed by atoms with Crippen LogP contribution in [-0.2, 0) is 9.53 Å². The van der Waals surface area contributed by atoms with E-state index in [0.29, 0.717) is 25.2 Å². The van der Waals surface area contributed by atoms with E-state index in [1.165, 1.54) is 0 Å². The zero-order valence-corrected chi connectivity index (χ0v) is 13.7. The first kappa shape index (κ1) is 17.4. The highest BCUT2D eigenvalue weighted by Crippen LogP contribution is 1.99. The van der Waals surface area contributed by atoms with Gasteiger partial charge >= 0.3 is 0 Å². The Hall–Kier alpha value is -1.92. The summed E-state index contributed by atoms with van der Waals surface area (Å²) in [7, 11) is 0. The zero-order valence-electron chi connectivity index (χ0n) is 13.7. The number of carbonyl (C=O) groups excluding carboxylic acids is 2. The lowest BCUT2D eigenvalue weighted by molar-refractivity contribution is -0.129. The van der Waals surface area contributed by atoms with Crippen LogP contribution in [-0.4, -0.2) is 74.1 Å². The second kappa shape index (κ2) is 9.27. The molecule has 126 valence electrons. The number of ether oxygens (including phenoxy) is 1. The van der Waals surface area contributed by atoms with Gasteiger partial charge in [-0.2, -0.15) is 0 Å². The molecule has 0 bridgehead atoms. The van der Waals surface area contributed by atoms with Gasteiger partial charge in [0.05, 0.1) is 13.2 Å². The van der Waals surface area contributed by atoms with E-state index >= 15 is 0 Å². The molecule has 1 heterocycles. The molecule has 1 saturated heterocycles. The van der Waals surface area contributed by atoms with E-state index in [1.807, 2.05) is 18.2 Å². The Morgan fingerprint density at radius 3 is 2.52 bits per heavy atom. The first-order valence-corrected chi connectivity index (χ1v) is 8.05. The van der Waals surface area contributed by atoms with E-state index in [9.17, 15) is 9.59 Å². The van der Waals surface area contributed by atoms with Gasteiger partial charge in [-0.15, -0.1) is 0 Å². The Labute approximate surface area is 137 Å². The van der Waals surface area contributed by atoms with Crippen molar-refractivity contribution in [2.75, 3.05) is 52.5 Å². The fourth-order valence-electron chi connectivity index (χ4n) is 2.51. The summed E-state index contributed by atoms with van der Waals surface area (Å²) in [5.74, 6) is -0.0745. The molecule has 2 amide bonds. The lowest BCUT2D eigenvalue weighted by Gasteiger charge is -2.29. The molecule has 1 aromatic rings. The van der Waals surface area contributed by atoms with Crippen LogP contribution in [0, 0.1) is 0 Å². The largest absolute Gasteiger partial charge is 0.379 e. The number of hydrogen-bond donors (Lipinski definition) is 1. The van der Waals surface area contributed by atoms with Crippen LogP contribution in [0.1, 0.15) is 17.3 Å². The van der Waals surface area contributed by atoms with E-state index in [1.54, 1.807) is 24.0 Å². The fraction of sp³-hybridized carbons (Fsp3) is 0.529. The van der Waals surface area contributed by atoms with Crippen molar-refractivity contribution in [1.29, 1.82) is 0 Å². The second-order valence-corrected chi connectivity index (χ2v) is 5.58. The molecule has 6 heteroatoms. The summed E-state index contributed by atoms with van der Waals surface area (Å²) in [6.45, 7) is 7.41. The molecule has 0 aliphatic carbocycles. The first-order valence-electron chi connectivity index (χ1n) is 8.05. The normalized spacial score (nSPS) is 15.2.